The maximum absolute atomic E-state index is 12.7. The number of rotatable bonds is 3. The Morgan fingerprint density at radius 1 is 1.73 bits per heavy atom. The Labute approximate surface area is 90.7 Å². The second kappa shape index (κ2) is 5.72. The van der Waals surface area contributed by atoms with Crippen LogP contribution in [-0.4, -0.2) is 29.5 Å². The number of thioether (sulfide) groups is 1. The lowest BCUT2D eigenvalue weighted by atomic mass is 10.3. The average Bonchev–Trinajstić information content (AvgIpc) is 2.68. The number of halogens is 1. The summed E-state index contributed by atoms with van der Waals surface area (Å²) >= 11 is 1.59. The normalized spacial score (nSPS) is 23.1. The zero-order chi connectivity index (χ0) is 11.3. The van der Waals surface area contributed by atoms with Gasteiger partial charge in [0.2, 0.25) is 5.91 Å². The lowest BCUT2D eigenvalue weighted by molar-refractivity contribution is -0.119. The minimum absolute atomic E-state index is 0.117. The summed E-state index contributed by atoms with van der Waals surface area (Å²) in [5.74, 6) is -0.569. The van der Waals surface area contributed by atoms with Crippen molar-refractivity contribution >= 4 is 23.5 Å². The van der Waals surface area contributed by atoms with Crippen molar-refractivity contribution in [3.63, 3.8) is 0 Å². The zero-order valence-corrected chi connectivity index (χ0v) is 8.80. The van der Waals surface area contributed by atoms with Gasteiger partial charge in [-0.05, 0) is 0 Å². The SMILES string of the molecule is N/C=C(/F)C(N)=NC(=O)C[C@@H]1CSCO1. The Hall–Kier alpha value is -1.08. The van der Waals surface area contributed by atoms with Crippen LogP contribution in [0.25, 0.3) is 0 Å². The summed E-state index contributed by atoms with van der Waals surface area (Å²) in [5.41, 5.74) is 10.0. The highest BCUT2D eigenvalue weighted by atomic mass is 32.2. The van der Waals surface area contributed by atoms with Crippen molar-refractivity contribution in [3.05, 3.63) is 12.0 Å². The molecule has 0 bridgehead atoms. The maximum Gasteiger partial charge on any atom is 0.250 e. The van der Waals surface area contributed by atoms with Gasteiger partial charge < -0.3 is 16.2 Å². The van der Waals surface area contributed by atoms with Gasteiger partial charge in [-0.3, -0.25) is 4.79 Å². The van der Waals surface area contributed by atoms with Crippen molar-refractivity contribution in [2.75, 3.05) is 11.7 Å². The van der Waals surface area contributed by atoms with E-state index in [0.717, 1.165) is 5.75 Å². The molecule has 5 nitrogen and oxygen atoms in total. The predicted molar refractivity (Wildman–Crippen MR) is 56.8 cm³/mol. The summed E-state index contributed by atoms with van der Waals surface area (Å²) in [6, 6.07) is 0. The van der Waals surface area contributed by atoms with E-state index < -0.39 is 17.6 Å². The number of amidine groups is 1. The van der Waals surface area contributed by atoms with Crippen LogP contribution in [0.15, 0.2) is 17.0 Å². The molecule has 1 aliphatic heterocycles. The van der Waals surface area contributed by atoms with Gasteiger partial charge >= 0.3 is 0 Å². The quantitative estimate of drug-likeness (QED) is 0.533. The van der Waals surface area contributed by atoms with Gasteiger partial charge in [0.05, 0.1) is 18.5 Å². The molecule has 4 N–H and O–H groups in total. The Balaban J connectivity index is 2.46. The fraction of sp³-hybridized carbons (Fsp3) is 0.500. The van der Waals surface area contributed by atoms with Crippen LogP contribution in [0.5, 0.6) is 0 Å². The van der Waals surface area contributed by atoms with Crippen LogP contribution < -0.4 is 11.5 Å². The molecular weight excluding hydrogens is 221 g/mol. The first-order valence-electron chi connectivity index (χ1n) is 4.27. The molecule has 0 aromatic heterocycles. The van der Waals surface area contributed by atoms with E-state index in [-0.39, 0.29) is 12.5 Å². The van der Waals surface area contributed by atoms with Crippen LogP contribution in [0.2, 0.25) is 0 Å². The van der Waals surface area contributed by atoms with Crippen LogP contribution in [-0.2, 0) is 9.53 Å². The molecule has 7 heteroatoms. The number of carbonyl (C=O) groups excluding carboxylic acids is 1. The molecule has 0 aromatic rings. The van der Waals surface area contributed by atoms with Crippen molar-refractivity contribution in [1.29, 1.82) is 0 Å². The summed E-state index contributed by atoms with van der Waals surface area (Å²) in [6.45, 7) is 0. The molecule has 0 spiro atoms. The minimum atomic E-state index is -0.898. The largest absolute Gasteiger partial charge is 0.402 e. The third kappa shape index (κ3) is 3.88. The lowest BCUT2D eigenvalue weighted by Gasteiger charge is -2.04. The standard InChI is InChI=1S/C8H12FN3O2S/c9-6(2-10)8(11)12-7(13)1-5-3-15-4-14-5/h2,5H,1,3-4,10H2,(H2,11,12,13)/b6-2+/t5-/m1/s1. The van der Waals surface area contributed by atoms with E-state index in [4.69, 9.17) is 16.2 Å². The topological polar surface area (TPSA) is 90.7 Å². The van der Waals surface area contributed by atoms with Gasteiger partial charge in [-0.15, -0.1) is 11.8 Å². The molecule has 1 fully saturated rings. The molecule has 0 saturated carbocycles. The molecule has 0 aliphatic carbocycles. The number of aliphatic imine (C=N–C) groups is 1. The van der Waals surface area contributed by atoms with Gasteiger partial charge in [0, 0.05) is 12.0 Å². The molecule has 1 heterocycles. The van der Waals surface area contributed by atoms with E-state index in [0.29, 0.717) is 12.1 Å². The molecule has 1 aliphatic rings. The molecule has 1 atom stereocenters. The third-order valence-corrected chi connectivity index (χ3v) is 2.64. The van der Waals surface area contributed by atoms with Gasteiger partial charge in [-0.2, -0.15) is 4.99 Å². The number of amides is 1. The van der Waals surface area contributed by atoms with Gasteiger partial charge in [0.25, 0.3) is 0 Å². The molecule has 1 saturated heterocycles. The van der Waals surface area contributed by atoms with Crippen LogP contribution in [0.4, 0.5) is 4.39 Å². The highest BCUT2D eigenvalue weighted by Crippen LogP contribution is 2.18. The van der Waals surface area contributed by atoms with E-state index >= 15 is 0 Å². The number of carbonyl (C=O) groups is 1. The first kappa shape index (κ1) is 12.0. The van der Waals surface area contributed by atoms with Crippen molar-refractivity contribution in [2.45, 2.75) is 12.5 Å². The van der Waals surface area contributed by atoms with Gasteiger partial charge in [-0.1, -0.05) is 0 Å². The monoisotopic (exact) mass is 233 g/mol. The van der Waals surface area contributed by atoms with E-state index in [1.807, 2.05) is 0 Å². The second-order valence-corrected chi connectivity index (χ2v) is 3.86. The molecule has 1 rings (SSSR count). The van der Waals surface area contributed by atoms with Crippen molar-refractivity contribution in [3.8, 4) is 0 Å². The number of hydrogen-bond acceptors (Lipinski definition) is 4. The lowest BCUT2D eigenvalue weighted by Crippen LogP contribution is -2.19. The Kier molecular flexibility index (Phi) is 4.57. The highest BCUT2D eigenvalue weighted by molar-refractivity contribution is 7.99. The van der Waals surface area contributed by atoms with E-state index in [2.05, 4.69) is 4.99 Å². The molecule has 84 valence electrons. The second-order valence-electron chi connectivity index (χ2n) is 2.89. The van der Waals surface area contributed by atoms with Crippen molar-refractivity contribution in [1.82, 2.24) is 0 Å². The molecule has 0 radical (unpaired) electrons. The molecule has 0 unspecified atom stereocenters. The molecule has 0 aromatic carbocycles. The summed E-state index contributed by atoms with van der Waals surface area (Å²) < 4.78 is 17.9. The Morgan fingerprint density at radius 3 is 3.00 bits per heavy atom. The number of ether oxygens (including phenoxy) is 1. The van der Waals surface area contributed by atoms with Crippen LogP contribution in [0.3, 0.4) is 0 Å². The smallest absolute Gasteiger partial charge is 0.250 e. The Bertz CT molecular complexity index is 300. The zero-order valence-electron chi connectivity index (χ0n) is 7.98. The van der Waals surface area contributed by atoms with E-state index in [1.54, 1.807) is 11.8 Å². The van der Waals surface area contributed by atoms with Crippen molar-refractivity contribution < 1.29 is 13.9 Å². The average molecular weight is 233 g/mol. The van der Waals surface area contributed by atoms with E-state index in [1.165, 1.54) is 0 Å². The van der Waals surface area contributed by atoms with E-state index in [9.17, 15) is 9.18 Å². The Morgan fingerprint density at radius 2 is 2.47 bits per heavy atom. The first-order chi connectivity index (χ1) is 7.13. The van der Waals surface area contributed by atoms with Crippen molar-refractivity contribution in [2.24, 2.45) is 16.5 Å². The third-order valence-electron chi connectivity index (χ3n) is 1.73. The van der Waals surface area contributed by atoms with Crippen LogP contribution in [0.1, 0.15) is 6.42 Å². The summed E-state index contributed by atoms with van der Waals surface area (Å²) in [7, 11) is 0. The minimum Gasteiger partial charge on any atom is -0.402 e. The molecular formula is C8H12FN3O2S. The maximum atomic E-state index is 12.7. The molecule has 15 heavy (non-hydrogen) atoms. The number of nitrogens with two attached hydrogens (primary N) is 2. The van der Waals surface area contributed by atoms with Crippen LogP contribution >= 0.6 is 11.8 Å². The summed E-state index contributed by atoms with van der Waals surface area (Å²) in [6.07, 6.45) is 0.628. The van der Waals surface area contributed by atoms with Gasteiger partial charge in [-0.25, -0.2) is 4.39 Å². The predicted octanol–water partition coefficient (Wildman–Crippen LogP) is 0.119. The number of nitrogens with zero attached hydrogens (tertiary/aromatic N) is 1. The fourth-order valence-corrected chi connectivity index (χ4v) is 1.87. The first-order valence-corrected chi connectivity index (χ1v) is 5.43. The molecule has 1 amide bonds. The van der Waals surface area contributed by atoms with Gasteiger partial charge in [0.15, 0.2) is 11.7 Å². The summed E-state index contributed by atoms with van der Waals surface area (Å²) in [5, 5.41) is 0. The number of hydrogen-bond donors (Lipinski definition) is 2. The summed E-state index contributed by atoms with van der Waals surface area (Å²) in [4.78, 5) is 14.6. The fourth-order valence-electron chi connectivity index (χ4n) is 1.00. The van der Waals surface area contributed by atoms with Gasteiger partial charge in [0.1, 0.15) is 0 Å². The van der Waals surface area contributed by atoms with Crippen LogP contribution in [0, 0.1) is 0 Å². The highest BCUT2D eigenvalue weighted by Gasteiger charge is 2.19.